The van der Waals surface area contributed by atoms with Gasteiger partial charge in [-0.25, -0.2) is 0 Å². The molecular formula is C16H24N2OS. The highest BCUT2D eigenvalue weighted by Gasteiger charge is 2.27. The fourth-order valence-electron chi connectivity index (χ4n) is 3.47. The second kappa shape index (κ2) is 6.27. The van der Waals surface area contributed by atoms with Crippen molar-refractivity contribution in [1.29, 1.82) is 0 Å². The lowest BCUT2D eigenvalue weighted by atomic mass is 9.94. The molecule has 0 atom stereocenters. The first-order valence-electron chi connectivity index (χ1n) is 7.82. The number of piperazine rings is 1. The molecule has 3 rings (SSSR count). The van der Waals surface area contributed by atoms with Crippen molar-refractivity contribution < 1.29 is 4.79 Å². The summed E-state index contributed by atoms with van der Waals surface area (Å²) >= 11 is 1.66. The highest BCUT2D eigenvalue weighted by Crippen LogP contribution is 2.24. The van der Waals surface area contributed by atoms with Crippen molar-refractivity contribution in [3.63, 3.8) is 0 Å². The second-order valence-electron chi connectivity index (χ2n) is 6.07. The summed E-state index contributed by atoms with van der Waals surface area (Å²) < 4.78 is 0. The predicted octanol–water partition coefficient (Wildman–Crippen LogP) is 3.15. The number of aryl methyl sites for hydroxylation is 1. The topological polar surface area (TPSA) is 23.6 Å². The van der Waals surface area contributed by atoms with Crippen LogP contribution in [0.1, 0.15) is 47.3 Å². The van der Waals surface area contributed by atoms with Crippen LogP contribution < -0.4 is 0 Å². The zero-order chi connectivity index (χ0) is 13.9. The van der Waals surface area contributed by atoms with Gasteiger partial charge in [-0.05, 0) is 25.8 Å². The maximum atomic E-state index is 12.4. The number of nitrogens with zero attached hydrogens (tertiary/aromatic N) is 2. The Morgan fingerprint density at radius 3 is 2.45 bits per heavy atom. The molecule has 2 fully saturated rings. The number of thiophene rings is 1. The SMILES string of the molecule is Cc1cc(C(=O)N2CCN(C3CCCCC3)CC2)cs1. The minimum absolute atomic E-state index is 0.220. The summed E-state index contributed by atoms with van der Waals surface area (Å²) in [5.41, 5.74) is 0.874. The van der Waals surface area contributed by atoms with Crippen LogP contribution in [-0.4, -0.2) is 47.9 Å². The molecule has 0 aromatic carbocycles. The Hall–Kier alpha value is -0.870. The Kier molecular flexibility index (Phi) is 4.41. The number of hydrogen-bond donors (Lipinski definition) is 0. The summed E-state index contributed by atoms with van der Waals surface area (Å²) in [6, 6.07) is 2.80. The van der Waals surface area contributed by atoms with E-state index in [2.05, 4.69) is 11.8 Å². The summed E-state index contributed by atoms with van der Waals surface area (Å²) in [7, 11) is 0. The molecule has 3 nitrogen and oxygen atoms in total. The molecular weight excluding hydrogens is 268 g/mol. The van der Waals surface area contributed by atoms with Crippen LogP contribution in [0.3, 0.4) is 0 Å². The molecule has 2 heterocycles. The van der Waals surface area contributed by atoms with Gasteiger partial charge in [-0.3, -0.25) is 9.69 Å². The molecule has 0 N–H and O–H groups in total. The van der Waals surface area contributed by atoms with Crippen molar-refractivity contribution in [3.05, 3.63) is 21.9 Å². The highest BCUT2D eigenvalue weighted by atomic mass is 32.1. The van der Waals surface area contributed by atoms with E-state index in [1.54, 1.807) is 11.3 Å². The van der Waals surface area contributed by atoms with E-state index in [1.165, 1.54) is 37.0 Å². The average molecular weight is 292 g/mol. The maximum Gasteiger partial charge on any atom is 0.254 e. The van der Waals surface area contributed by atoms with Crippen molar-refractivity contribution in [3.8, 4) is 0 Å². The van der Waals surface area contributed by atoms with Gasteiger partial charge in [0.1, 0.15) is 0 Å². The minimum atomic E-state index is 0.220. The van der Waals surface area contributed by atoms with E-state index in [0.717, 1.165) is 37.8 Å². The first-order chi connectivity index (χ1) is 9.74. The molecule has 1 saturated heterocycles. The van der Waals surface area contributed by atoms with E-state index in [4.69, 9.17) is 0 Å². The molecule has 1 amide bonds. The summed E-state index contributed by atoms with van der Waals surface area (Å²) in [5.74, 6) is 0.220. The van der Waals surface area contributed by atoms with Crippen molar-refractivity contribution in [2.45, 2.75) is 45.1 Å². The van der Waals surface area contributed by atoms with Crippen LogP contribution in [0.4, 0.5) is 0 Å². The number of amides is 1. The first-order valence-corrected chi connectivity index (χ1v) is 8.70. The maximum absolute atomic E-state index is 12.4. The Labute approximate surface area is 125 Å². The lowest BCUT2D eigenvalue weighted by molar-refractivity contribution is 0.0523. The summed E-state index contributed by atoms with van der Waals surface area (Å²) in [6.07, 6.45) is 6.90. The van der Waals surface area contributed by atoms with Gasteiger partial charge >= 0.3 is 0 Å². The Morgan fingerprint density at radius 1 is 1.15 bits per heavy atom. The van der Waals surface area contributed by atoms with E-state index in [-0.39, 0.29) is 5.91 Å². The van der Waals surface area contributed by atoms with Gasteiger partial charge in [-0.2, -0.15) is 0 Å². The van der Waals surface area contributed by atoms with Gasteiger partial charge in [0.15, 0.2) is 0 Å². The van der Waals surface area contributed by atoms with Crippen molar-refractivity contribution in [2.75, 3.05) is 26.2 Å². The third-order valence-corrected chi connectivity index (χ3v) is 5.53. The van der Waals surface area contributed by atoms with E-state index in [0.29, 0.717) is 0 Å². The van der Waals surface area contributed by atoms with Crippen LogP contribution >= 0.6 is 11.3 Å². The average Bonchev–Trinajstić information content (AvgIpc) is 2.94. The lowest BCUT2D eigenvalue weighted by Crippen LogP contribution is -2.52. The Bertz CT molecular complexity index is 457. The Balaban J connectivity index is 1.54. The first kappa shape index (κ1) is 14.1. The van der Waals surface area contributed by atoms with Crippen LogP contribution in [-0.2, 0) is 0 Å². The molecule has 0 spiro atoms. The van der Waals surface area contributed by atoms with E-state index in [9.17, 15) is 4.79 Å². The molecule has 0 bridgehead atoms. The number of hydrogen-bond acceptors (Lipinski definition) is 3. The van der Waals surface area contributed by atoms with Crippen molar-refractivity contribution >= 4 is 17.2 Å². The normalized spacial score (nSPS) is 22.1. The summed E-state index contributed by atoms with van der Waals surface area (Å²) in [4.78, 5) is 18.3. The van der Waals surface area contributed by atoms with Gasteiger partial charge in [0.25, 0.3) is 5.91 Å². The summed E-state index contributed by atoms with van der Waals surface area (Å²) in [6.45, 7) is 5.95. The number of carbonyl (C=O) groups excluding carboxylic acids is 1. The van der Waals surface area contributed by atoms with Gasteiger partial charge in [0.2, 0.25) is 0 Å². The molecule has 1 aliphatic carbocycles. The number of rotatable bonds is 2. The van der Waals surface area contributed by atoms with Gasteiger partial charge in [0, 0.05) is 42.5 Å². The molecule has 0 unspecified atom stereocenters. The number of carbonyl (C=O) groups is 1. The highest BCUT2D eigenvalue weighted by molar-refractivity contribution is 7.10. The van der Waals surface area contributed by atoms with Crippen LogP contribution in [0.15, 0.2) is 11.4 Å². The van der Waals surface area contributed by atoms with Crippen molar-refractivity contribution in [1.82, 2.24) is 9.80 Å². The summed E-state index contributed by atoms with van der Waals surface area (Å²) in [5, 5.41) is 1.99. The minimum Gasteiger partial charge on any atom is -0.336 e. The van der Waals surface area contributed by atoms with Crippen LogP contribution in [0.25, 0.3) is 0 Å². The van der Waals surface area contributed by atoms with Crippen LogP contribution in [0, 0.1) is 6.92 Å². The second-order valence-corrected chi connectivity index (χ2v) is 7.18. The molecule has 2 aliphatic rings. The zero-order valence-corrected chi connectivity index (χ0v) is 13.1. The van der Waals surface area contributed by atoms with Crippen LogP contribution in [0.5, 0.6) is 0 Å². The molecule has 1 aromatic rings. The van der Waals surface area contributed by atoms with E-state index >= 15 is 0 Å². The fourth-order valence-corrected chi connectivity index (χ4v) is 4.15. The fraction of sp³-hybridized carbons (Fsp3) is 0.688. The van der Waals surface area contributed by atoms with Gasteiger partial charge in [-0.15, -0.1) is 11.3 Å². The van der Waals surface area contributed by atoms with Gasteiger partial charge in [-0.1, -0.05) is 19.3 Å². The molecule has 4 heteroatoms. The Morgan fingerprint density at radius 2 is 1.85 bits per heavy atom. The van der Waals surface area contributed by atoms with E-state index < -0.39 is 0 Å². The largest absolute Gasteiger partial charge is 0.336 e. The monoisotopic (exact) mass is 292 g/mol. The molecule has 1 aromatic heterocycles. The third kappa shape index (κ3) is 3.07. The van der Waals surface area contributed by atoms with Crippen LogP contribution in [0.2, 0.25) is 0 Å². The molecule has 20 heavy (non-hydrogen) atoms. The molecule has 1 aliphatic heterocycles. The third-order valence-electron chi connectivity index (χ3n) is 4.67. The zero-order valence-electron chi connectivity index (χ0n) is 12.3. The molecule has 1 saturated carbocycles. The standard InChI is InChI=1S/C16H24N2OS/c1-13-11-14(12-20-13)16(19)18-9-7-17(8-10-18)15-5-3-2-4-6-15/h11-12,15H,2-10H2,1H3. The predicted molar refractivity (Wildman–Crippen MR) is 83.4 cm³/mol. The smallest absolute Gasteiger partial charge is 0.254 e. The van der Waals surface area contributed by atoms with Crippen molar-refractivity contribution in [2.24, 2.45) is 0 Å². The molecule has 110 valence electrons. The quantitative estimate of drug-likeness (QED) is 0.836. The van der Waals surface area contributed by atoms with Gasteiger partial charge in [0.05, 0.1) is 5.56 Å². The lowest BCUT2D eigenvalue weighted by Gasteiger charge is -2.40. The van der Waals surface area contributed by atoms with Gasteiger partial charge < -0.3 is 4.90 Å². The van der Waals surface area contributed by atoms with E-state index in [1.807, 2.05) is 16.3 Å². The molecule has 0 radical (unpaired) electrons.